The van der Waals surface area contributed by atoms with Gasteiger partial charge in [-0.05, 0) is 42.7 Å². The number of anilines is 2. The highest BCUT2D eigenvalue weighted by atomic mass is 16.5. The summed E-state index contributed by atoms with van der Waals surface area (Å²) in [4.78, 5) is 27.1. The van der Waals surface area contributed by atoms with Crippen molar-refractivity contribution in [2.75, 3.05) is 43.5 Å². The Hall–Kier alpha value is -2.90. The zero-order valence-electron chi connectivity index (χ0n) is 17.0. The molecule has 1 saturated heterocycles. The van der Waals surface area contributed by atoms with Gasteiger partial charge in [0.1, 0.15) is 6.04 Å². The van der Waals surface area contributed by atoms with Gasteiger partial charge >= 0.3 is 0 Å². The van der Waals surface area contributed by atoms with Crippen LogP contribution in [0.5, 0.6) is 0 Å². The summed E-state index contributed by atoms with van der Waals surface area (Å²) in [6, 6.07) is 17.0. The first-order chi connectivity index (χ1) is 14.7. The minimum absolute atomic E-state index is 0.0217. The van der Waals surface area contributed by atoms with Crippen LogP contribution in [0.25, 0.3) is 0 Å². The first kappa shape index (κ1) is 20.4. The molecule has 1 saturated carbocycles. The van der Waals surface area contributed by atoms with Gasteiger partial charge in [-0.15, -0.1) is 0 Å². The molecule has 2 aromatic rings. The zero-order valence-corrected chi connectivity index (χ0v) is 17.0. The average Bonchev–Trinajstić information content (AvgIpc) is 3.58. The van der Waals surface area contributed by atoms with Crippen molar-refractivity contribution in [2.24, 2.45) is 0 Å². The van der Waals surface area contributed by atoms with E-state index in [0.717, 1.165) is 42.9 Å². The van der Waals surface area contributed by atoms with Crippen LogP contribution in [0.3, 0.4) is 0 Å². The van der Waals surface area contributed by atoms with Gasteiger partial charge in [0.25, 0.3) is 0 Å². The molecule has 2 aliphatic rings. The molecular formula is C23H28N4O3. The monoisotopic (exact) mass is 408 g/mol. The van der Waals surface area contributed by atoms with Crippen LogP contribution >= 0.6 is 0 Å². The third-order valence-corrected chi connectivity index (χ3v) is 5.27. The highest BCUT2D eigenvalue weighted by Gasteiger charge is 2.28. The number of morpholine rings is 1. The summed E-state index contributed by atoms with van der Waals surface area (Å²) in [5.74, 6) is -0.0600. The molecule has 0 spiro atoms. The second-order valence-electron chi connectivity index (χ2n) is 7.78. The Morgan fingerprint density at radius 2 is 1.63 bits per heavy atom. The number of ether oxygens (including phenoxy) is 1. The van der Waals surface area contributed by atoms with Gasteiger partial charge in [0.05, 0.1) is 19.8 Å². The standard InChI is InChI=1S/C23H28N4O3/c28-21(16-27-12-14-30-15-13-27)24-18-6-8-19(9-7-18)25-22(17-4-2-1-3-5-17)23(29)26-20-10-11-20/h1-9,20,22,25H,10-16H2,(H,24,28)(H,26,29). The number of nitrogens with one attached hydrogen (secondary N) is 3. The van der Waals surface area contributed by atoms with Crippen LogP contribution in [0.1, 0.15) is 24.4 Å². The number of hydrogen-bond acceptors (Lipinski definition) is 5. The SMILES string of the molecule is O=C(CN1CCOCC1)Nc1ccc(NC(C(=O)NC2CC2)c2ccccc2)cc1. The van der Waals surface area contributed by atoms with Gasteiger partial charge in [-0.3, -0.25) is 14.5 Å². The van der Waals surface area contributed by atoms with E-state index >= 15 is 0 Å². The number of benzene rings is 2. The molecule has 4 rings (SSSR count). The molecule has 1 atom stereocenters. The summed E-state index contributed by atoms with van der Waals surface area (Å²) in [6.45, 7) is 3.26. The molecule has 2 aromatic carbocycles. The van der Waals surface area contributed by atoms with E-state index in [1.54, 1.807) is 0 Å². The van der Waals surface area contributed by atoms with Crippen molar-refractivity contribution in [3.05, 3.63) is 60.2 Å². The third-order valence-electron chi connectivity index (χ3n) is 5.27. The van der Waals surface area contributed by atoms with Crippen molar-refractivity contribution in [3.8, 4) is 0 Å². The van der Waals surface area contributed by atoms with E-state index in [2.05, 4.69) is 20.9 Å². The lowest BCUT2D eigenvalue weighted by molar-refractivity contribution is -0.122. The van der Waals surface area contributed by atoms with E-state index in [-0.39, 0.29) is 11.8 Å². The Morgan fingerprint density at radius 3 is 2.30 bits per heavy atom. The fraction of sp³-hybridized carbons (Fsp3) is 0.391. The van der Waals surface area contributed by atoms with Gasteiger partial charge in [0.2, 0.25) is 11.8 Å². The topological polar surface area (TPSA) is 82.7 Å². The van der Waals surface area contributed by atoms with Crippen LogP contribution in [-0.2, 0) is 14.3 Å². The molecule has 1 aliphatic carbocycles. The molecule has 0 bridgehead atoms. The summed E-state index contributed by atoms with van der Waals surface area (Å²) in [5.41, 5.74) is 2.47. The van der Waals surface area contributed by atoms with Crippen molar-refractivity contribution in [2.45, 2.75) is 24.9 Å². The predicted molar refractivity (Wildman–Crippen MR) is 116 cm³/mol. The number of rotatable bonds is 8. The minimum Gasteiger partial charge on any atom is -0.379 e. The van der Waals surface area contributed by atoms with Crippen LogP contribution in [-0.4, -0.2) is 55.6 Å². The molecule has 30 heavy (non-hydrogen) atoms. The van der Waals surface area contributed by atoms with Gasteiger partial charge in [-0.2, -0.15) is 0 Å². The third kappa shape index (κ3) is 5.81. The van der Waals surface area contributed by atoms with E-state index < -0.39 is 6.04 Å². The van der Waals surface area contributed by atoms with Crippen LogP contribution in [0.4, 0.5) is 11.4 Å². The van der Waals surface area contributed by atoms with Crippen molar-refractivity contribution in [1.82, 2.24) is 10.2 Å². The summed E-state index contributed by atoms with van der Waals surface area (Å²) < 4.78 is 5.31. The molecule has 0 radical (unpaired) electrons. The summed E-state index contributed by atoms with van der Waals surface area (Å²) in [5, 5.41) is 9.33. The molecule has 2 amide bonds. The number of carbonyl (C=O) groups is 2. The van der Waals surface area contributed by atoms with Crippen LogP contribution in [0, 0.1) is 0 Å². The molecule has 1 heterocycles. The quantitative estimate of drug-likeness (QED) is 0.625. The maximum atomic E-state index is 12.8. The first-order valence-corrected chi connectivity index (χ1v) is 10.5. The highest BCUT2D eigenvalue weighted by Crippen LogP contribution is 2.24. The second kappa shape index (κ2) is 9.73. The number of carbonyl (C=O) groups excluding carboxylic acids is 2. The summed E-state index contributed by atoms with van der Waals surface area (Å²) in [7, 11) is 0. The van der Waals surface area contributed by atoms with Crippen molar-refractivity contribution < 1.29 is 14.3 Å². The number of nitrogens with zero attached hydrogens (tertiary/aromatic N) is 1. The molecule has 0 aromatic heterocycles. The average molecular weight is 409 g/mol. The van der Waals surface area contributed by atoms with Gasteiger partial charge in [0.15, 0.2) is 0 Å². The smallest absolute Gasteiger partial charge is 0.247 e. The van der Waals surface area contributed by atoms with Crippen molar-refractivity contribution in [1.29, 1.82) is 0 Å². The highest BCUT2D eigenvalue weighted by molar-refractivity contribution is 5.92. The zero-order chi connectivity index (χ0) is 20.8. The minimum atomic E-state index is -0.464. The predicted octanol–water partition coefficient (Wildman–Crippen LogP) is 2.39. The van der Waals surface area contributed by atoms with Crippen LogP contribution in [0.2, 0.25) is 0 Å². The summed E-state index contributed by atoms with van der Waals surface area (Å²) in [6.07, 6.45) is 2.10. The largest absolute Gasteiger partial charge is 0.379 e. The molecule has 3 N–H and O–H groups in total. The van der Waals surface area contributed by atoms with Crippen LogP contribution in [0.15, 0.2) is 54.6 Å². The lowest BCUT2D eigenvalue weighted by Crippen LogP contribution is -2.41. The number of hydrogen-bond donors (Lipinski definition) is 3. The van der Waals surface area contributed by atoms with Crippen molar-refractivity contribution >= 4 is 23.2 Å². The first-order valence-electron chi connectivity index (χ1n) is 10.5. The Balaban J connectivity index is 1.36. The van der Waals surface area contributed by atoms with E-state index in [4.69, 9.17) is 4.74 Å². The molecule has 158 valence electrons. The lowest BCUT2D eigenvalue weighted by Gasteiger charge is -2.25. The van der Waals surface area contributed by atoms with Gasteiger partial charge in [-0.1, -0.05) is 30.3 Å². The molecule has 7 heteroatoms. The second-order valence-corrected chi connectivity index (χ2v) is 7.78. The van der Waals surface area contributed by atoms with Gasteiger partial charge in [0, 0.05) is 30.5 Å². The Kier molecular flexibility index (Phi) is 6.61. The molecule has 1 unspecified atom stereocenters. The number of amides is 2. The van der Waals surface area contributed by atoms with Gasteiger partial charge < -0.3 is 20.7 Å². The molecule has 2 fully saturated rings. The Bertz CT molecular complexity index is 847. The molecule has 7 nitrogen and oxygen atoms in total. The summed E-state index contributed by atoms with van der Waals surface area (Å²) >= 11 is 0. The van der Waals surface area contributed by atoms with Crippen LogP contribution < -0.4 is 16.0 Å². The fourth-order valence-corrected chi connectivity index (χ4v) is 3.44. The van der Waals surface area contributed by atoms with E-state index in [1.807, 2.05) is 54.6 Å². The van der Waals surface area contributed by atoms with E-state index in [1.165, 1.54) is 0 Å². The lowest BCUT2D eigenvalue weighted by atomic mass is 10.1. The Labute approximate surface area is 176 Å². The molecular weight excluding hydrogens is 380 g/mol. The van der Waals surface area contributed by atoms with E-state index in [9.17, 15) is 9.59 Å². The molecule has 1 aliphatic heterocycles. The fourth-order valence-electron chi connectivity index (χ4n) is 3.44. The van der Waals surface area contributed by atoms with Crippen molar-refractivity contribution in [3.63, 3.8) is 0 Å². The maximum absolute atomic E-state index is 12.8. The van der Waals surface area contributed by atoms with Gasteiger partial charge in [-0.25, -0.2) is 0 Å². The normalized spacial score (nSPS) is 17.7. The Morgan fingerprint density at radius 1 is 0.967 bits per heavy atom. The van der Waals surface area contributed by atoms with E-state index in [0.29, 0.717) is 25.8 Å². The maximum Gasteiger partial charge on any atom is 0.247 e.